The molecule has 162 valence electrons. The summed E-state index contributed by atoms with van der Waals surface area (Å²) in [5, 5.41) is 4.57. The third-order valence-corrected chi connectivity index (χ3v) is 5.59. The largest absolute Gasteiger partial charge is 0.493 e. The number of aromatic nitrogens is 1. The second-order valence-corrected chi connectivity index (χ2v) is 7.78. The van der Waals surface area contributed by atoms with Gasteiger partial charge in [0, 0.05) is 49.4 Å². The van der Waals surface area contributed by atoms with Crippen LogP contribution in [0.4, 0.5) is 0 Å². The van der Waals surface area contributed by atoms with Crippen LogP contribution in [0.1, 0.15) is 16.1 Å². The average molecular weight is 442 g/mol. The number of carbonyl (C=O) groups excluding carboxylic acids is 1. The molecule has 0 N–H and O–H groups in total. The molecular formula is C23H24ClN3O4. The number of rotatable bonds is 6. The number of hydrogen-bond donors (Lipinski definition) is 0. The lowest BCUT2D eigenvalue weighted by Gasteiger charge is -2.34. The third kappa shape index (κ3) is 4.84. The molecule has 2 aromatic carbocycles. The van der Waals surface area contributed by atoms with Crippen LogP contribution in [0.15, 0.2) is 53.1 Å². The molecule has 0 bridgehead atoms. The molecule has 7 nitrogen and oxygen atoms in total. The Morgan fingerprint density at radius 3 is 2.52 bits per heavy atom. The molecule has 1 aliphatic rings. The second-order valence-electron chi connectivity index (χ2n) is 7.34. The van der Waals surface area contributed by atoms with Gasteiger partial charge in [0.1, 0.15) is 0 Å². The van der Waals surface area contributed by atoms with Crippen molar-refractivity contribution in [2.24, 2.45) is 0 Å². The molecular weight excluding hydrogens is 418 g/mol. The van der Waals surface area contributed by atoms with Gasteiger partial charge in [-0.15, -0.1) is 0 Å². The van der Waals surface area contributed by atoms with Gasteiger partial charge >= 0.3 is 0 Å². The van der Waals surface area contributed by atoms with Gasteiger partial charge < -0.3 is 18.9 Å². The number of methoxy groups -OCH3 is 2. The van der Waals surface area contributed by atoms with Crippen LogP contribution in [0.25, 0.3) is 11.3 Å². The summed E-state index contributed by atoms with van der Waals surface area (Å²) in [6, 6.07) is 14.9. The van der Waals surface area contributed by atoms with Crippen LogP contribution < -0.4 is 9.47 Å². The molecule has 0 radical (unpaired) electrons. The maximum absolute atomic E-state index is 12.9. The summed E-state index contributed by atoms with van der Waals surface area (Å²) in [5.74, 6) is 1.84. The Bertz CT molecular complexity index is 1060. The molecule has 3 aromatic rings. The monoisotopic (exact) mass is 441 g/mol. The molecule has 0 spiro atoms. The highest BCUT2D eigenvalue weighted by Crippen LogP contribution is 2.28. The summed E-state index contributed by atoms with van der Waals surface area (Å²) in [4.78, 5) is 17.0. The van der Waals surface area contributed by atoms with E-state index >= 15 is 0 Å². The predicted octanol–water partition coefficient (Wildman–Crippen LogP) is 3.97. The Hall–Kier alpha value is -3.03. The fourth-order valence-corrected chi connectivity index (χ4v) is 3.85. The number of benzene rings is 2. The second kappa shape index (κ2) is 9.41. The van der Waals surface area contributed by atoms with Crippen molar-refractivity contribution >= 4 is 17.5 Å². The van der Waals surface area contributed by atoms with E-state index in [2.05, 4.69) is 10.1 Å². The zero-order chi connectivity index (χ0) is 21.8. The zero-order valence-electron chi connectivity index (χ0n) is 17.5. The molecule has 0 aliphatic carbocycles. The smallest absolute Gasteiger partial charge is 0.276 e. The summed E-state index contributed by atoms with van der Waals surface area (Å²) in [7, 11) is 3.26. The number of hydrogen-bond acceptors (Lipinski definition) is 6. The van der Waals surface area contributed by atoms with E-state index < -0.39 is 0 Å². The molecule has 1 aliphatic heterocycles. The number of amides is 1. The first-order chi connectivity index (χ1) is 15.1. The summed E-state index contributed by atoms with van der Waals surface area (Å²) >= 11 is 6.03. The van der Waals surface area contributed by atoms with Gasteiger partial charge in [-0.2, -0.15) is 0 Å². The first-order valence-electron chi connectivity index (χ1n) is 10.0. The highest BCUT2D eigenvalue weighted by molar-refractivity contribution is 6.30. The first-order valence-corrected chi connectivity index (χ1v) is 10.4. The summed E-state index contributed by atoms with van der Waals surface area (Å²) in [6.45, 7) is 3.60. The quantitative estimate of drug-likeness (QED) is 0.576. The predicted molar refractivity (Wildman–Crippen MR) is 118 cm³/mol. The fraction of sp³-hybridized carbons (Fsp3) is 0.304. The van der Waals surface area contributed by atoms with Crippen molar-refractivity contribution in [3.05, 3.63) is 64.8 Å². The Balaban J connectivity index is 1.35. The van der Waals surface area contributed by atoms with Crippen LogP contribution in [0, 0.1) is 0 Å². The van der Waals surface area contributed by atoms with Crippen molar-refractivity contribution in [2.75, 3.05) is 40.4 Å². The first kappa shape index (κ1) is 21.2. The van der Waals surface area contributed by atoms with Gasteiger partial charge in [-0.05, 0) is 29.8 Å². The molecule has 4 rings (SSSR count). The number of piperazine rings is 1. The van der Waals surface area contributed by atoms with Crippen LogP contribution in [0.2, 0.25) is 5.02 Å². The normalized spacial score (nSPS) is 14.5. The highest BCUT2D eigenvalue weighted by atomic mass is 35.5. The summed E-state index contributed by atoms with van der Waals surface area (Å²) < 4.78 is 16.1. The minimum absolute atomic E-state index is 0.122. The van der Waals surface area contributed by atoms with Crippen LogP contribution in [-0.2, 0) is 6.54 Å². The minimum atomic E-state index is -0.122. The number of carbonyl (C=O) groups is 1. The summed E-state index contributed by atoms with van der Waals surface area (Å²) in [5.41, 5.74) is 2.24. The topological polar surface area (TPSA) is 68.0 Å². The Morgan fingerprint density at radius 2 is 1.81 bits per heavy atom. The van der Waals surface area contributed by atoms with Crippen molar-refractivity contribution in [2.45, 2.75) is 6.54 Å². The van der Waals surface area contributed by atoms with Crippen molar-refractivity contribution in [3.63, 3.8) is 0 Å². The Kier molecular flexibility index (Phi) is 6.44. The van der Waals surface area contributed by atoms with Gasteiger partial charge in [-0.25, -0.2) is 0 Å². The Labute approximate surface area is 186 Å². The van der Waals surface area contributed by atoms with Crippen LogP contribution in [0.5, 0.6) is 11.5 Å². The Morgan fingerprint density at radius 1 is 1.03 bits per heavy atom. The van der Waals surface area contributed by atoms with E-state index in [-0.39, 0.29) is 5.91 Å². The number of nitrogens with zero attached hydrogens (tertiary/aromatic N) is 3. The van der Waals surface area contributed by atoms with Gasteiger partial charge in [0.25, 0.3) is 5.91 Å². The van der Waals surface area contributed by atoms with Crippen LogP contribution in [0.3, 0.4) is 0 Å². The van der Waals surface area contributed by atoms with E-state index in [1.165, 1.54) is 0 Å². The SMILES string of the molecule is COc1ccc(CN2CCN(C(=O)c3cc(-c4cccc(Cl)c4)on3)CC2)cc1OC. The highest BCUT2D eigenvalue weighted by Gasteiger charge is 2.25. The van der Waals surface area contributed by atoms with Crippen molar-refractivity contribution < 1.29 is 18.8 Å². The van der Waals surface area contributed by atoms with Crippen molar-refractivity contribution in [1.29, 1.82) is 0 Å². The lowest BCUT2D eigenvalue weighted by molar-refractivity contribution is 0.0618. The van der Waals surface area contributed by atoms with E-state index in [0.29, 0.717) is 35.3 Å². The van der Waals surface area contributed by atoms with Crippen LogP contribution >= 0.6 is 11.6 Å². The molecule has 0 saturated carbocycles. The molecule has 1 aromatic heterocycles. The van der Waals surface area contributed by atoms with E-state index in [9.17, 15) is 4.79 Å². The summed E-state index contributed by atoms with van der Waals surface area (Å²) in [6.07, 6.45) is 0. The maximum Gasteiger partial charge on any atom is 0.276 e. The molecule has 0 unspecified atom stereocenters. The minimum Gasteiger partial charge on any atom is -0.493 e. The maximum atomic E-state index is 12.9. The van der Waals surface area contributed by atoms with E-state index in [1.807, 2.05) is 35.2 Å². The van der Waals surface area contributed by atoms with Crippen LogP contribution in [-0.4, -0.2) is 61.3 Å². The van der Waals surface area contributed by atoms with Gasteiger partial charge in [-0.3, -0.25) is 9.69 Å². The molecule has 0 atom stereocenters. The van der Waals surface area contributed by atoms with Gasteiger partial charge in [0.05, 0.1) is 14.2 Å². The third-order valence-electron chi connectivity index (χ3n) is 5.35. The van der Waals surface area contributed by atoms with Gasteiger partial charge in [-0.1, -0.05) is 35.0 Å². The fourth-order valence-electron chi connectivity index (χ4n) is 3.66. The standard InChI is InChI=1S/C23H24ClN3O4/c1-29-20-7-6-16(12-22(20)30-2)15-26-8-10-27(11-9-26)23(28)19-14-21(31-25-19)17-4-3-5-18(24)13-17/h3-7,12-14H,8-11,15H2,1-2H3. The zero-order valence-corrected chi connectivity index (χ0v) is 18.3. The molecule has 1 fully saturated rings. The van der Waals surface area contributed by atoms with E-state index in [1.54, 1.807) is 32.4 Å². The number of ether oxygens (including phenoxy) is 2. The lowest BCUT2D eigenvalue weighted by Crippen LogP contribution is -2.48. The molecule has 1 saturated heterocycles. The molecule has 1 amide bonds. The molecule has 2 heterocycles. The molecule has 8 heteroatoms. The van der Waals surface area contributed by atoms with Gasteiger partial charge in [0.2, 0.25) is 0 Å². The van der Waals surface area contributed by atoms with Crippen molar-refractivity contribution in [1.82, 2.24) is 15.0 Å². The lowest BCUT2D eigenvalue weighted by atomic mass is 10.1. The number of halogens is 1. The molecule has 31 heavy (non-hydrogen) atoms. The van der Waals surface area contributed by atoms with E-state index in [0.717, 1.165) is 36.5 Å². The van der Waals surface area contributed by atoms with Crippen molar-refractivity contribution in [3.8, 4) is 22.8 Å². The van der Waals surface area contributed by atoms with E-state index in [4.69, 9.17) is 25.6 Å². The van der Waals surface area contributed by atoms with Gasteiger partial charge in [0.15, 0.2) is 23.0 Å². The average Bonchev–Trinajstić information content (AvgIpc) is 3.29.